The summed E-state index contributed by atoms with van der Waals surface area (Å²) in [5.41, 5.74) is 7.89. The van der Waals surface area contributed by atoms with Crippen molar-refractivity contribution in [2.24, 2.45) is 0 Å². The maximum absolute atomic E-state index is 13.4. The normalized spacial score (nSPS) is 12.8. The molecule has 0 aliphatic rings. The van der Waals surface area contributed by atoms with Gasteiger partial charge in [0.1, 0.15) is 0 Å². The van der Waals surface area contributed by atoms with Crippen LogP contribution < -0.4 is 10.9 Å². The van der Waals surface area contributed by atoms with Crippen LogP contribution in [-0.2, 0) is 13.6 Å². The van der Waals surface area contributed by atoms with E-state index in [1.165, 1.54) is 5.56 Å². The number of hydrogen-bond acceptors (Lipinski definition) is 5. The molecule has 0 aliphatic carbocycles. The zero-order valence-corrected chi connectivity index (χ0v) is 17.7. The number of rotatable bonds is 10. The van der Waals surface area contributed by atoms with Crippen LogP contribution in [0.2, 0.25) is 0 Å². The highest BCUT2D eigenvalue weighted by Gasteiger charge is 2.37. The minimum Gasteiger partial charge on any atom is -0.307 e. The Bertz CT molecular complexity index is 784. The standard InChI is InChI=1S/C21H29N2O4P/c1-5-26-28(25,27-6-2)21(19-14-12-17(13-15-19)16(3)4)23-22-20(24)18-10-8-7-9-11-18/h7-16,21,23H,5-6H2,1-4H3,(H,22,24). The SMILES string of the molecule is CCOP(=O)(OCC)C(NNC(=O)c1ccccc1)c1ccc(C(C)C)cc1. The number of amides is 1. The topological polar surface area (TPSA) is 76.7 Å². The molecule has 0 saturated carbocycles. The third-order valence-corrected chi connectivity index (χ3v) is 6.51. The fourth-order valence-electron chi connectivity index (χ4n) is 2.75. The van der Waals surface area contributed by atoms with Gasteiger partial charge in [-0.2, -0.15) is 0 Å². The van der Waals surface area contributed by atoms with Gasteiger partial charge in [0.2, 0.25) is 0 Å². The Labute approximate surface area is 167 Å². The second-order valence-corrected chi connectivity index (χ2v) is 8.68. The predicted octanol–water partition coefficient (Wildman–Crippen LogP) is 5.01. The fraction of sp³-hybridized carbons (Fsp3) is 0.381. The van der Waals surface area contributed by atoms with Crippen LogP contribution in [0, 0.1) is 0 Å². The van der Waals surface area contributed by atoms with E-state index < -0.39 is 13.4 Å². The Kier molecular flexibility index (Phi) is 8.39. The van der Waals surface area contributed by atoms with Crippen molar-refractivity contribution in [3.05, 3.63) is 71.3 Å². The minimum atomic E-state index is -3.56. The fourth-order valence-corrected chi connectivity index (χ4v) is 4.60. The first kappa shape index (κ1) is 22.3. The van der Waals surface area contributed by atoms with Crippen LogP contribution in [0.25, 0.3) is 0 Å². The molecular formula is C21H29N2O4P. The second kappa shape index (κ2) is 10.5. The van der Waals surface area contributed by atoms with E-state index in [-0.39, 0.29) is 19.1 Å². The van der Waals surface area contributed by atoms with Crippen molar-refractivity contribution in [2.75, 3.05) is 13.2 Å². The van der Waals surface area contributed by atoms with E-state index in [1.54, 1.807) is 38.1 Å². The lowest BCUT2D eigenvalue weighted by atomic mass is 10.0. The lowest BCUT2D eigenvalue weighted by Gasteiger charge is -2.27. The molecule has 0 saturated heterocycles. The molecule has 6 nitrogen and oxygen atoms in total. The molecular weight excluding hydrogens is 375 g/mol. The maximum Gasteiger partial charge on any atom is 0.353 e. The van der Waals surface area contributed by atoms with Crippen LogP contribution in [0.1, 0.15) is 60.9 Å². The summed E-state index contributed by atoms with van der Waals surface area (Å²) in [7, 11) is -3.56. The van der Waals surface area contributed by atoms with Crippen LogP contribution >= 0.6 is 7.60 Å². The molecule has 1 atom stereocenters. The molecule has 28 heavy (non-hydrogen) atoms. The molecule has 0 fully saturated rings. The van der Waals surface area contributed by atoms with E-state index in [2.05, 4.69) is 24.7 Å². The molecule has 152 valence electrons. The highest BCUT2D eigenvalue weighted by molar-refractivity contribution is 7.54. The van der Waals surface area contributed by atoms with Crippen molar-refractivity contribution in [1.82, 2.24) is 10.9 Å². The first-order valence-electron chi connectivity index (χ1n) is 9.50. The van der Waals surface area contributed by atoms with Gasteiger partial charge in [-0.3, -0.25) is 14.8 Å². The third kappa shape index (κ3) is 5.76. The van der Waals surface area contributed by atoms with Crippen molar-refractivity contribution in [3.8, 4) is 0 Å². The van der Waals surface area contributed by atoms with Crippen molar-refractivity contribution in [1.29, 1.82) is 0 Å². The number of nitrogens with one attached hydrogen (secondary N) is 2. The second-order valence-electron chi connectivity index (χ2n) is 6.56. The highest BCUT2D eigenvalue weighted by atomic mass is 31.2. The summed E-state index contributed by atoms with van der Waals surface area (Å²) in [6.45, 7) is 8.19. The van der Waals surface area contributed by atoms with Gasteiger partial charge in [-0.05, 0) is 43.0 Å². The van der Waals surface area contributed by atoms with Crippen molar-refractivity contribution in [3.63, 3.8) is 0 Å². The molecule has 0 heterocycles. The van der Waals surface area contributed by atoms with Crippen LogP contribution in [0.4, 0.5) is 0 Å². The van der Waals surface area contributed by atoms with E-state index in [1.807, 2.05) is 30.3 Å². The molecule has 2 aromatic rings. The zero-order chi connectivity index (χ0) is 20.6. The van der Waals surface area contributed by atoms with Gasteiger partial charge in [-0.1, -0.05) is 56.3 Å². The van der Waals surface area contributed by atoms with Crippen molar-refractivity contribution < 1.29 is 18.4 Å². The van der Waals surface area contributed by atoms with Crippen LogP contribution in [0.5, 0.6) is 0 Å². The first-order valence-corrected chi connectivity index (χ1v) is 11.1. The summed E-state index contributed by atoms with van der Waals surface area (Å²) >= 11 is 0. The molecule has 0 bridgehead atoms. The predicted molar refractivity (Wildman–Crippen MR) is 111 cm³/mol. The van der Waals surface area contributed by atoms with E-state index in [4.69, 9.17) is 9.05 Å². The summed E-state index contributed by atoms with van der Waals surface area (Å²) < 4.78 is 24.5. The van der Waals surface area contributed by atoms with Gasteiger partial charge in [0, 0.05) is 5.56 Å². The molecule has 1 amide bonds. The van der Waals surface area contributed by atoms with E-state index >= 15 is 0 Å². The smallest absolute Gasteiger partial charge is 0.307 e. The molecule has 0 aliphatic heterocycles. The Balaban J connectivity index is 2.29. The average Bonchev–Trinajstić information content (AvgIpc) is 2.69. The van der Waals surface area contributed by atoms with Crippen molar-refractivity contribution >= 4 is 13.5 Å². The Morgan fingerprint density at radius 2 is 1.46 bits per heavy atom. The summed E-state index contributed by atoms with van der Waals surface area (Å²) in [5.74, 6) is -0.783. The largest absolute Gasteiger partial charge is 0.353 e. The van der Waals surface area contributed by atoms with Gasteiger partial charge < -0.3 is 9.05 Å². The van der Waals surface area contributed by atoms with E-state index in [0.717, 1.165) is 0 Å². The van der Waals surface area contributed by atoms with Crippen molar-refractivity contribution in [2.45, 2.75) is 39.4 Å². The lowest BCUT2D eigenvalue weighted by molar-refractivity contribution is 0.0927. The average molecular weight is 404 g/mol. The van der Waals surface area contributed by atoms with Gasteiger partial charge in [-0.15, -0.1) is 0 Å². The Morgan fingerprint density at radius 3 is 1.96 bits per heavy atom. The lowest BCUT2D eigenvalue weighted by Crippen LogP contribution is -2.40. The number of carbonyl (C=O) groups is 1. The molecule has 2 aromatic carbocycles. The van der Waals surface area contributed by atoms with Gasteiger partial charge >= 0.3 is 7.60 Å². The first-order chi connectivity index (χ1) is 13.4. The Morgan fingerprint density at radius 1 is 0.929 bits per heavy atom. The molecule has 0 radical (unpaired) electrons. The molecule has 2 rings (SSSR count). The minimum absolute atomic E-state index is 0.228. The molecule has 0 spiro atoms. The van der Waals surface area contributed by atoms with Gasteiger partial charge in [0.25, 0.3) is 5.91 Å². The van der Waals surface area contributed by atoms with Gasteiger partial charge in [0.15, 0.2) is 5.78 Å². The molecule has 2 N–H and O–H groups in total. The van der Waals surface area contributed by atoms with Gasteiger partial charge in [-0.25, -0.2) is 5.43 Å². The Hall–Kier alpha value is -1.98. The molecule has 1 unspecified atom stereocenters. The summed E-state index contributed by atoms with van der Waals surface area (Å²) in [6, 6.07) is 16.5. The third-order valence-electron chi connectivity index (χ3n) is 4.21. The van der Waals surface area contributed by atoms with Crippen LogP contribution in [0.3, 0.4) is 0 Å². The monoisotopic (exact) mass is 404 g/mol. The number of hydrazine groups is 1. The highest BCUT2D eigenvalue weighted by Crippen LogP contribution is 2.59. The van der Waals surface area contributed by atoms with Gasteiger partial charge in [0.05, 0.1) is 13.2 Å². The van der Waals surface area contributed by atoms with Crippen LogP contribution in [0.15, 0.2) is 54.6 Å². The summed E-state index contributed by atoms with van der Waals surface area (Å²) in [6.07, 6.45) is 0. The molecule has 7 heteroatoms. The summed E-state index contributed by atoms with van der Waals surface area (Å²) in [5, 5.41) is 0. The number of carbonyl (C=O) groups excluding carboxylic acids is 1. The van der Waals surface area contributed by atoms with E-state index in [9.17, 15) is 9.36 Å². The van der Waals surface area contributed by atoms with E-state index in [0.29, 0.717) is 17.0 Å². The zero-order valence-electron chi connectivity index (χ0n) is 16.8. The quantitative estimate of drug-likeness (QED) is 0.430. The van der Waals surface area contributed by atoms with Crippen LogP contribution in [-0.4, -0.2) is 19.1 Å². The number of hydrogen-bond donors (Lipinski definition) is 2. The number of benzene rings is 2. The molecule has 0 aromatic heterocycles. The maximum atomic E-state index is 13.4. The summed E-state index contributed by atoms with van der Waals surface area (Å²) in [4.78, 5) is 12.4.